The highest BCUT2D eigenvalue weighted by atomic mass is 19.1. The zero-order valence-corrected chi connectivity index (χ0v) is 14.8. The molecule has 5 nitrogen and oxygen atoms in total. The van der Waals surface area contributed by atoms with Crippen molar-refractivity contribution in [2.75, 3.05) is 0 Å². The first-order valence-corrected chi connectivity index (χ1v) is 8.18. The second kappa shape index (κ2) is 7.31. The number of rotatable bonds is 4. The van der Waals surface area contributed by atoms with Crippen molar-refractivity contribution >= 4 is 12.1 Å². The molecule has 0 unspecified atom stereocenters. The molecule has 1 N–H and O–H groups in total. The summed E-state index contributed by atoms with van der Waals surface area (Å²) >= 11 is 0. The van der Waals surface area contributed by atoms with E-state index in [1.54, 1.807) is 29.1 Å². The van der Waals surface area contributed by atoms with Gasteiger partial charge in [-0.15, -0.1) is 0 Å². The molecule has 2 aromatic carbocycles. The Morgan fingerprint density at radius 3 is 2.50 bits per heavy atom. The molecule has 132 valence electrons. The van der Waals surface area contributed by atoms with Crippen molar-refractivity contribution in [1.82, 2.24) is 15.2 Å². The van der Waals surface area contributed by atoms with Crippen molar-refractivity contribution in [3.63, 3.8) is 0 Å². The lowest BCUT2D eigenvalue weighted by molar-refractivity contribution is 0.0954. The predicted octanol–water partition coefficient (Wildman–Crippen LogP) is 3.70. The van der Waals surface area contributed by atoms with E-state index in [0.717, 1.165) is 28.2 Å². The van der Waals surface area contributed by atoms with Crippen LogP contribution < -0.4 is 5.43 Å². The number of hydrazone groups is 1. The van der Waals surface area contributed by atoms with Gasteiger partial charge in [0.1, 0.15) is 5.82 Å². The highest BCUT2D eigenvalue weighted by molar-refractivity contribution is 5.96. The number of aryl methyl sites for hydroxylation is 2. The molecule has 0 aliphatic rings. The molecule has 3 aromatic rings. The molecule has 0 bridgehead atoms. The highest BCUT2D eigenvalue weighted by Crippen LogP contribution is 2.16. The lowest BCUT2D eigenvalue weighted by Crippen LogP contribution is -2.18. The fraction of sp³-hybridized carbons (Fsp3) is 0.150. The number of nitrogens with one attached hydrogen (secondary N) is 1. The van der Waals surface area contributed by atoms with Crippen LogP contribution in [0.15, 0.2) is 53.6 Å². The van der Waals surface area contributed by atoms with Crippen LogP contribution in [-0.2, 0) is 0 Å². The van der Waals surface area contributed by atoms with Gasteiger partial charge in [0.05, 0.1) is 23.3 Å². The molecule has 0 atom stereocenters. The molecule has 6 heteroatoms. The van der Waals surface area contributed by atoms with Gasteiger partial charge in [-0.25, -0.2) is 14.5 Å². The minimum absolute atomic E-state index is 0.263. The number of halogens is 1. The van der Waals surface area contributed by atoms with E-state index in [1.165, 1.54) is 12.1 Å². The summed E-state index contributed by atoms with van der Waals surface area (Å²) in [6.07, 6.45) is 1.58. The summed E-state index contributed by atoms with van der Waals surface area (Å²) in [7, 11) is 0. The minimum Gasteiger partial charge on any atom is -0.267 e. The van der Waals surface area contributed by atoms with Crippen LogP contribution in [0.25, 0.3) is 5.69 Å². The molecular weight excluding hydrogens is 331 g/mol. The van der Waals surface area contributed by atoms with Crippen molar-refractivity contribution in [2.45, 2.75) is 20.8 Å². The first kappa shape index (κ1) is 17.5. The van der Waals surface area contributed by atoms with E-state index in [4.69, 9.17) is 0 Å². The molecule has 0 aliphatic carbocycles. The maximum absolute atomic E-state index is 13.1. The van der Waals surface area contributed by atoms with Gasteiger partial charge in [-0.3, -0.25) is 4.79 Å². The van der Waals surface area contributed by atoms with E-state index in [2.05, 4.69) is 15.6 Å². The van der Waals surface area contributed by atoms with Crippen LogP contribution in [-0.4, -0.2) is 21.9 Å². The van der Waals surface area contributed by atoms with Crippen molar-refractivity contribution in [2.24, 2.45) is 5.10 Å². The van der Waals surface area contributed by atoms with Crippen LogP contribution in [0.3, 0.4) is 0 Å². The van der Waals surface area contributed by atoms with Gasteiger partial charge in [0.25, 0.3) is 5.91 Å². The molecule has 26 heavy (non-hydrogen) atoms. The zero-order chi connectivity index (χ0) is 18.7. The average Bonchev–Trinajstić information content (AvgIpc) is 2.91. The Labute approximate surface area is 151 Å². The van der Waals surface area contributed by atoms with Gasteiger partial charge in [0.15, 0.2) is 0 Å². The molecule has 0 fully saturated rings. The molecule has 3 rings (SSSR count). The van der Waals surface area contributed by atoms with E-state index in [9.17, 15) is 9.18 Å². The second-order valence-corrected chi connectivity index (χ2v) is 5.99. The summed E-state index contributed by atoms with van der Waals surface area (Å²) in [5.41, 5.74) is 7.19. The van der Waals surface area contributed by atoms with Gasteiger partial charge in [-0.1, -0.05) is 18.2 Å². The smallest absolute Gasteiger partial charge is 0.267 e. The fourth-order valence-electron chi connectivity index (χ4n) is 2.72. The van der Waals surface area contributed by atoms with E-state index in [0.29, 0.717) is 5.56 Å². The Morgan fingerprint density at radius 1 is 1.12 bits per heavy atom. The monoisotopic (exact) mass is 350 g/mol. The van der Waals surface area contributed by atoms with Gasteiger partial charge in [0.2, 0.25) is 0 Å². The highest BCUT2D eigenvalue weighted by Gasteiger charge is 2.12. The lowest BCUT2D eigenvalue weighted by Gasteiger charge is -2.04. The van der Waals surface area contributed by atoms with Gasteiger partial charge in [-0.2, -0.15) is 10.2 Å². The Hall–Kier alpha value is -3.28. The van der Waals surface area contributed by atoms with Crippen molar-refractivity contribution < 1.29 is 9.18 Å². The topological polar surface area (TPSA) is 59.3 Å². The van der Waals surface area contributed by atoms with Crippen LogP contribution in [0.4, 0.5) is 4.39 Å². The summed E-state index contributed by atoms with van der Waals surface area (Å²) in [6, 6.07) is 13.4. The summed E-state index contributed by atoms with van der Waals surface area (Å²) in [5.74, 6) is -0.559. The summed E-state index contributed by atoms with van der Waals surface area (Å²) in [6.45, 7) is 5.63. The normalized spacial score (nSPS) is 11.1. The van der Waals surface area contributed by atoms with E-state index < -0.39 is 0 Å². The Balaban J connectivity index is 1.80. The lowest BCUT2D eigenvalue weighted by atomic mass is 10.1. The molecule has 1 aromatic heterocycles. The van der Waals surface area contributed by atoms with E-state index in [-0.39, 0.29) is 11.7 Å². The third kappa shape index (κ3) is 3.54. The first-order chi connectivity index (χ1) is 12.5. The largest absolute Gasteiger partial charge is 0.271 e. The average molecular weight is 350 g/mol. The number of aromatic nitrogens is 2. The third-order valence-corrected chi connectivity index (χ3v) is 4.17. The van der Waals surface area contributed by atoms with Crippen LogP contribution in [0.5, 0.6) is 0 Å². The van der Waals surface area contributed by atoms with Crippen LogP contribution in [0, 0.1) is 26.6 Å². The molecule has 0 saturated heterocycles. The number of hydrogen-bond donors (Lipinski definition) is 1. The van der Waals surface area contributed by atoms with Crippen molar-refractivity contribution in [1.29, 1.82) is 0 Å². The number of nitrogens with zero attached hydrogens (tertiary/aromatic N) is 3. The Kier molecular flexibility index (Phi) is 4.93. The number of amides is 1. The maximum atomic E-state index is 13.1. The van der Waals surface area contributed by atoms with E-state index in [1.807, 2.05) is 39.0 Å². The third-order valence-electron chi connectivity index (χ3n) is 4.17. The first-order valence-electron chi connectivity index (χ1n) is 8.18. The summed E-state index contributed by atoms with van der Waals surface area (Å²) in [4.78, 5) is 12.2. The molecule has 0 spiro atoms. The second-order valence-electron chi connectivity index (χ2n) is 5.99. The molecule has 1 heterocycles. The quantitative estimate of drug-likeness (QED) is 0.576. The Bertz CT molecular complexity index is 974. The zero-order valence-electron chi connectivity index (χ0n) is 14.8. The van der Waals surface area contributed by atoms with Crippen LogP contribution in [0.1, 0.15) is 32.9 Å². The number of carbonyl (C=O) groups is 1. The maximum Gasteiger partial charge on any atom is 0.271 e. The van der Waals surface area contributed by atoms with Crippen LogP contribution >= 0.6 is 0 Å². The van der Waals surface area contributed by atoms with Crippen molar-refractivity contribution in [3.8, 4) is 5.69 Å². The summed E-state index contributed by atoms with van der Waals surface area (Å²) in [5, 5.41) is 8.53. The molecule has 0 saturated carbocycles. The fourth-order valence-corrected chi connectivity index (χ4v) is 2.72. The van der Waals surface area contributed by atoms with Crippen molar-refractivity contribution in [3.05, 3.63) is 82.4 Å². The molecule has 0 radical (unpaired) electrons. The van der Waals surface area contributed by atoms with Gasteiger partial charge in [0, 0.05) is 11.1 Å². The Morgan fingerprint density at radius 2 is 1.81 bits per heavy atom. The van der Waals surface area contributed by atoms with Gasteiger partial charge < -0.3 is 0 Å². The SMILES string of the molecule is Cc1ccccc1C(=O)N/N=C\c1c(C)nn(-c2ccc(F)cc2)c1C. The standard InChI is InChI=1S/C20H19FN4O/c1-13-6-4-5-7-18(13)20(26)23-22-12-19-14(2)24-25(15(19)3)17-10-8-16(21)9-11-17/h4-12H,1-3H3,(H,23,26)/b22-12-. The molecule has 1 amide bonds. The van der Waals surface area contributed by atoms with Gasteiger partial charge in [-0.05, 0) is 56.7 Å². The number of benzene rings is 2. The molecule has 0 aliphatic heterocycles. The summed E-state index contributed by atoms with van der Waals surface area (Å²) < 4.78 is 14.8. The number of carbonyl (C=O) groups excluding carboxylic acids is 1. The minimum atomic E-state index is -0.295. The van der Waals surface area contributed by atoms with Crippen LogP contribution in [0.2, 0.25) is 0 Å². The predicted molar refractivity (Wildman–Crippen MR) is 99.2 cm³/mol. The molecular formula is C20H19FN4O. The van der Waals surface area contributed by atoms with Gasteiger partial charge >= 0.3 is 0 Å². The van der Waals surface area contributed by atoms with E-state index >= 15 is 0 Å². The number of hydrogen-bond acceptors (Lipinski definition) is 3.